The number of carbonyl (C=O) groups is 3. The molecule has 1 heterocycles. The molecule has 0 radical (unpaired) electrons. The SMILES string of the molecule is CCCCOC(=O)N1CCCCC1C(=O)C(OC)C(C)=O. The van der Waals surface area contributed by atoms with Crippen LogP contribution >= 0.6 is 0 Å². The number of rotatable bonds is 7. The number of methoxy groups -OCH3 is 1. The van der Waals surface area contributed by atoms with Crippen molar-refractivity contribution in [3.8, 4) is 0 Å². The first-order chi connectivity index (χ1) is 10.0. The summed E-state index contributed by atoms with van der Waals surface area (Å²) in [6.45, 7) is 4.17. The van der Waals surface area contributed by atoms with Gasteiger partial charge in [-0.1, -0.05) is 13.3 Å². The highest BCUT2D eigenvalue weighted by atomic mass is 16.6. The van der Waals surface area contributed by atoms with E-state index in [0.29, 0.717) is 19.6 Å². The van der Waals surface area contributed by atoms with E-state index in [1.54, 1.807) is 0 Å². The number of amides is 1. The Hall–Kier alpha value is -1.43. The molecule has 1 fully saturated rings. The molecule has 6 heteroatoms. The zero-order valence-electron chi connectivity index (χ0n) is 13.1. The summed E-state index contributed by atoms with van der Waals surface area (Å²) in [5.74, 6) is -0.690. The Labute approximate surface area is 125 Å². The fourth-order valence-electron chi connectivity index (χ4n) is 2.49. The summed E-state index contributed by atoms with van der Waals surface area (Å²) in [6, 6.07) is -0.623. The Kier molecular flexibility index (Phi) is 7.36. The largest absolute Gasteiger partial charge is 0.449 e. The normalized spacial score (nSPS) is 20.0. The highest BCUT2D eigenvalue weighted by Crippen LogP contribution is 2.21. The van der Waals surface area contributed by atoms with Crippen molar-refractivity contribution in [3.63, 3.8) is 0 Å². The fraction of sp³-hybridized carbons (Fsp3) is 0.800. The summed E-state index contributed by atoms with van der Waals surface area (Å²) in [7, 11) is 1.33. The molecule has 2 unspecified atom stereocenters. The van der Waals surface area contributed by atoms with Gasteiger partial charge in [0.15, 0.2) is 17.7 Å². The van der Waals surface area contributed by atoms with E-state index in [-0.39, 0.29) is 11.6 Å². The van der Waals surface area contributed by atoms with Crippen molar-refractivity contribution >= 4 is 17.7 Å². The molecule has 0 aromatic carbocycles. The standard InChI is InChI=1S/C15H25NO5/c1-4-5-10-21-15(19)16-9-7-6-8-12(16)13(18)14(20-3)11(2)17/h12,14H,4-10H2,1-3H3. The molecule has 120 valence electrons. The van der Waals surface area contributed by atoms with Crippen molar-refractivity contribution in [2.24, 2.45) is 0 Å². The summed E-state index contributed by atoms with van der Waals surface area (Å²) in [4.78, 5) is 37.4. The number of carbonyl (C=O) groups excluding carboxylic acids is 3. The summed E-state index contributed by atoms with van der Waals surface area (Å²) in [6.07, 6.45) is 2.40. The van der Waals surface area contributed by atoms with E-state index in [1.165, 1.54) is 18.9 Å². The van der Waals surface area contributed by atoms with E-state index in [9.17, 15) is 14.4 Å². The van der Waals surface area contributed by atoms with Gasteiger partial charge in [-0.25, -0.2) is 4.79 Å². The molecule has 1 aliphatic rings. The molecular formula is C15H25NO5. The maximum atomic E-state index is 12.4. The lowest BCUT2D eigenvalue weighted by Crippen LogP contribution is -2.52. The summed E-state index contributed by atoms with van der Waals surface area (Å²) >= 11 is 0. The van der Waals surface area contributed by atoms with Gasteiger partial charge >= 0.3 is 6.09 Å². The van der Waals surface area contributed by atoms with Gasteiger partial charge in [0.25, 0.3) is 0 Å². The number of likely N-dealkylation sites (tertiary alicyclic amines) is 1. The maximum absolute atomic E-state index is 12.4. The van der Waals surface area contributed by atoms with Crippen molar-refractivity contribution in [2.75, 3.05) is 20.3 Å². The van der Waals surface area contributed by atoms with Crippen LogP contribution in [0.2, 0.25) is 0 Å². The van der Waals surface area contributed by atoms with Crippen LogP contribution in [-0.2, 0) is 19.1 Å². The second-order valence-corrected chi connectivity index (χ2v) is 5.30. The summed E-state index contributed by atoms with van der Waals surface area (Å²) in [5, 5.41) is 0. The second-order valence-electron chi connectivity index (χ2n) is 5.30. The van der Waals surface area contributed by atoms with Gasteiger partial charge in [0.1, 0.15) is 0 Å². The predicted octanol–water partition coefficient (Wildman–Crippen LogP) is 1.95. The lowest BCUT2D eigenvalue weighted by atomic mass is 9.94. The third-order valence-corrected chi connectivity index (χ3v) is 3.65. The average molecular weight is 299 g/mol. The molecule has 0 aliphatic carbocycles. The molecule has 0 saturated carbocycles. The van der Waals surface area contributed by atoms with E-state index < -0.39 is 18.2 Å². The van der Waals surface area contributed by atoms with Crippen LogP contribution in [0.1, 0.15) is 46.0 Å². The predicted molar refractivity (Wildman–Crippen MR) is 77.1 cm³/mol. The number of ether oxygens (including phenoxy) is 2. The third kappa shape index (κ3) is 4.81. The first kappa shape index (κ1) is 17.6. The molecular weight excluding hydrogens is 274 g/mol. The van der Waals surface area contributed by atoms with Crippen molar-refractivity contribution in [1.82, 2.24) is 4.90 Å². The molecule has 0 aromatic heterocycles. The zero-order valence-corrected chi connectivity index (χ0v) is 13.1. The van der Waals surface area contributed by atoms with Crippen molar-refractivity contribution in [3.05, 3.63) is 0 Å². The molecule has 1 aliphatic heterocycles. The molecule has 0 N–H and O–H groups in total. The lowest BCUT2D eigenvalue weighted by molar-refractivity contribution is -0.143. The molecule has 6 nitrogen and oxygen atoms in total. The Balaban J connectivity index is 2.74. The number of ketones is 2. The summed E-state index contributed by atoms with van der Waals surface area (Å²) in [5.41, 5.74) is 0. The second kappa shape index (κ2) is 8.77. The van der Waals surface area contributed by atoms with E-state index in [0.717, 1.165) is 25.7 Å². The minimum absolute atomic E-state index is 0.340. The topological polar surface area (TPSA) is 72.9 Å². The van der Waals surface area contributed by atoms with Crippen LogP contribution in [0.15, 0.2) is 0 Å². The molecule has 0 aromatic rings. The molecule has 0 spiro atoms. The van der Waals surface area contributed by atoms with Gasteiger partial charge in [-0.15, -0.1) is 0 Å². The molecule has 0 bridgehead atoms. The van der Waals surface area contributed by atoms with Gasteiger partial charge in [-0.3, -0.25) is 14.5 Å². The quantitative estimate of drug-likeness (QED) is 0.530. The van der Waals surface area contributed by atoms with Gasteiger partial charge in [0.2, 0.25) is 0 Å². The van der Waals surface area contributed by atoms with Crippen LogP contribution in [0.4, 0.5) is 4.79 Å². The Morgan fingerprint density at radius 3 is 2.57 bits per heavy atom. The highest BCUT2D eigenvalue weighted by Gasteiger charge is 2.38. The van der Waals surface area contributed by atoms with Crippen molar-refractivity contribution in [1.29, 1.82) is 0 Å². The van der Waals surface area contributed by atoms with Gasteiger partial charge < -0.3 is 9.47 Å². The van der Waals surface area contributed by atoms with Crippen LogP contribution in [0.3, 0.4) is 0 Å². The van der Waals surface area contributed by atoms with Gasteiger partial charge in [-0.05, 0) is 32.6 Å². The minimum Gasteiger partial charge on any atom is -0.449 e. The Morgan fingerprint density at radius 2 is 2.00 bits per heavy atom. The number of piperidine rings is 1. The molecule has 21 heavy (non-hydrogen) atoms. The van der Waals surface area contributed by atoms with Crippen LogP contribution in [0.25, 0.3) is 0 Å². The van der Waals surface area contributed by atoms with Gasteiger partial charge in [0, 0.05) is 13.7 Å². The van der Waals surface area contributed by atoms with Crippen LogP contribution in [0.5, 0.6) is 0 Å². The number of hydrogen-bond donors (Lipinski definition) is 0. The smallest absolute Gasteiger partial charge is 0.410 e. The van der Waals surface area contributed by atoms with Crippen LogP contribution in [-0.4, -0.2) is 55.0 Å². The van der Waals surface area contributed by atoms with Crippen LogP contribution in [0, 0.1) is 0 Å². The van der Waals surface area contributed by atoms with Crippen LogP contribution < -0.4 is 0 Å². The first-order valence-corrected chi connectivity index (χ1v) is 7.53. The average Bonchev–Trinajstić information content (AvgIpc) is 2.47. The maximum Gasteiger partial charge on any atom is 0.410 e. The van der Waals surface area contributed by atoms with E-state index in [2.05, 4.69) is 0 Å². The van der Waals surface area contributed by atoms with Crippen molar-refractivity contribution in [2.45, 2.75) is 58.1 Å². The lowest BCUT2D eigenvalue weighted by Gasteiger charge is -2.35. The Morgan fingerprint density at radius 1 is 1.29 bits per heavy atom. The highest BCUT2D eigenvalue weighted by molar-refractivity contribution is 6.07. The van der Waals surface area contributed by atoms with E-state index in [1.807, 2.05) is 6.92 Å². The fourth-order valence-corrected chi connectivity index (χ4v) is 2.49. The molecule has 1 rings (SSSR count). The molecule has 1 amide bonds. The zero-order chi connectivity index (χ0) is 15.8. The first-order valence-electron chi connectivity index (χ1n) is 7.53. The number of unbranched alkanes of at least 4 members (excludes halogenated alkanes) is 1. The Bertz CT molecular complexity index is 382. The molecule has 1 saturated heterocycles. The molecule has 2 atom stereocenters. The number of Topliss-reactive ketones (excluding diaryl/α,β-unsaturated/α-hetero) is 2. The van der Waals surface area contributed by atoms with E-state index in [4.69, 9.17) is 9.47 Å². The number of hydrogen-bond acceptors (Lipinski definition) is 5. The van der Waals surface area contributed by atoms with Crippen molar-refractivity contribution < 1.29 is 23.9 Å². The van der Waals surface area contributed by atoms with Gasteiger partial charge in [-0.2, -0.15) is 0 Å². The monoisotopic (exact) mass is 299 g/mol. The number of nitrogens with zero attached hydrogens (tertiary/aromatic N) is 1. The van der Waals surface area contributed by atoms with Gasteiger partial charge in [0.05, 0.1) is 12.6 Å². The minimum atomic E-state index is -1.10. The summed E-state index contributed by atoms with van der Waals surface area (Å²) < 4.78 is 10.2. The van der Waals surface area contributed by atoms with E-state index >= 15 is 0 Å². The third-order valence-electron chi connectivity index (χ3n) is 3.65.